The van der Waals surface area contributed by atoms with Gasteiger partial charge in [-0.15, -0.1) is 0 Å². The zero-order valence-corrected chi connectivity index (χ0v) is 24.2. The Kier molecular flexibility index (Phi) is 16.6. The van der Waals surface area contributed by atoms with Gasteiger partial charge in [-0.2, -0.15) is 0 Å². The molecule has 1 radical (unpaired) electrons. The Labute approximate surface area is 260 Å². The second-order valence-corrected chi connectivity index (χ2v) is 9.20. The van der Waals surface area contributed by atoms with Crippen molar-refractivity contribution >= 4 is 23.9 Å². The Morgan fingerprint density at radius 3 is 1.79 bits per heavy atom. The van der Waals surface area contributed by atoms with Crippen molar-refractivity contribution in [1.29, 1.82) is 0 Å². The molecule has 39 heavy (non-hydrogen) atoms. The van der Waals surface area contributed by atoms with Crippen LogP contribution in [0.25, 0.3) is 0 Å². The van der Waals surface area contributed by atoms with Crippen molar-refractivity contribution in [2.45, 2.75) is 19.4 Å². The number of carbonyl (C=O) groups excluding carboxylic acids is 3. The number of nitrogens with zero attached hydrogens (tertiary/aromatic N) is 4. The minimum Gasteiger partial charge on any atom is -0.549 e. The summed E-state index contributed by atoms with van der Waals surface area (Å²) in [6, 6.07) is 6.80. The Balaban J connectivity index is 0.00000760. The third-order valence-electron chi connectivity index (χ3n) is 6.26. The van der Waals surface area contributed by atoms with E-state index in [1.54, 1.807) is 31.7 Å². The summed E-state index contributed by atoms with van der Waals surface area (Å²) in [5.41, 5.74) is 0.864. The van der Waals surface area contributed by atoms with Gasteiger partial charge in [0.2, 0.25) is 0 Å². The summed E-state index contributed by atoms with van der Waals surface area (Å²) in [6.45, 7) is 2.07. The van der Waals surface area contributed by atoms with Crippen LogP contribution in [0.5, 0.6) is 5.75 Å². The first-order valence-corrected chi connectivity index (χ1v) is 12.5. The van der Waals surface area contributed by atoms with Gasteiger partial charge < -0.3 is 39.5 Å². The van der Waals surface area contributed by atoms with Crippen molar-refractivity contribution in [3.63, 3.8) is 0 Å². The van der Waals surface area contributed by atoms with Crippen molar-refractivity contribution in [1.82, 2.24) is 19.6 Å². The zero-order chi connectivity index (χ0) is 28.1. The molecule has 1 aromatic rings. The molecule has 0 aliphatic carbocycles. The maximum Gasteiger partial charge on any atom is 3.00 e. The summed E-state index contributed by atoms with van der Waals surface area (Å²) in [4.78, 5) is 52.3. The van der Waals surface area contributed by atoms with Crippen LogP contribution in [0.1, 0.15) is 12.5 Å². The smallest absolute Gasteiger partial charge is 0.549 e. The minimum atomic E-state index is -1.32. The van der Waals surface area contributed by atoms with E-state index in [2.05, 4.69) is 0 Å². The average molecular weight is 693 g/mol. The number of carbonyl (C=O) groups is 4. The molecule has 0 spiro atoms. The number of rotatable bonds is 12. The quantitative estimate of drug-likeness (QED) is 0.222. The first-order chi connectivity index (χ1) is 18.0. The number of hydrogen-bond acceptors (Lipinski definition) is 12. The summed E-state index contributed by atoms with van der Waals surface area (Å²) in [7, 11) is 0. The molecular formula is C25H35GdN4O9. The van der Waals surface area contributed by atoms with E-state index in [1.807, 2.05) is 19.1 Å². The van der Waals surface area contributed by atoms with Crippen molar-refractivity contribution in [3.8, 4) is 5.75 Å². The first-order valence-electron chi connectivity index (χ1n) is 12.5. The van der Waals surface area contributed by atoms with Crippen LogP contribution in [0.3, 0.4) is 0 Å². The largest absolute Gasteiger partial charge is 3.00 e. The van der Waals surface area contributed by atoms with Crippen LogP contribution >= 0.6 is 0 Å². The Bertz CT molecular complexity index is 935. The Hall–Kier alpha value is -1.94. The van der Waals surface area contributed by atoms with E-state index in [0.29, 0.717) is 18.8 Å². The predicted octanol–water partition coefficient (Wildman–Crippen LogP) is -4.45. The molecule has 1 aliphatic rings. The normalized spacial score (nSPS) is 18.7. The van der Waals surface area contributed by atoms with Gasteiger partial charge in [-0.3, -0.25) is 24.4 Å². The number of carboxylic acids is 4. The Morgan fingerprint density at radius 1 is 0.795 bits per heavy atom. The third-order valence-corrected chi connectivity index (χ3v) is 6.26. The van der Waals surface area contributed by atoms with E-state index in [0.717, 1.165) is 5.56 Å². The molecule has 1 unspecified atom stereocenters. The topological polar surface area (TPSA) is 180 Å². The molecule has 217 valence electrons. The molecule has 1 aromatic carbocycles. The molecule has 1 atom stereocenters. The van der Waals surface area contributed by atoms with Crippen LogP contribution < -0.4 is 20.1 Å². The fraction of sp³-hybridized carbons (Fsp3) is 0.600. The van der Waals surface area contributed by atoms with Crippen LogP contribution in [-0.2, 0) is 25.6 Å². The van der Waals surface area contributed by atoms with Crippen LogP contribution in [-0.4, -0.2) is 133 Å². The molecule has 0 aromatic heterocycles. The van der Waals surface area contributed by atoms with Gasteiger partial charge in [0.05, 0.1) is 31.1 Å². The van der Waals surface area contributed by atoms with Crippen molar-refractivity contribution in [3.05, 3.63) is 29.8 Å². The summed E-state index contributed by atoms with van der Waals surface area (Å²) < 4.78 is 5.48. The molecule has 14 heteroatoms. The van der Waals surface area contributed by atoms with Gasteiger partial charge in [-0.1, -0.05) is 12.1 Å². The number of hydrogen-bond donors (Lipinski definition) is 1. The van der Waals surface area contributed by atoms with Crippen LogP contribution in [0.4, 0.5) is 0 Å². The number of aliphatic carboxylic acids is 4. The van der Waals surface area contributed by atoms with E-state index in [-0.39, 0.29) is 92.3 Å². The number of ether oxygens (including phenoxy) is 1. The molecule has 0 saturated carbocycles. The number of benzene rings is 1. The van der Waals surface area contributed by atoms with Crippen molar-refractivity contribution < 1.29 is 84.3 Å². The molecule has 1 N–H and O–H groups in total. The van der Waals surface area contributed by atoms with Crippen molar-refractivity contribution in [2.75, 3.05) is 78.6 Å². The molecule has 2 rings (SSSR count). The van der Waals surface area contributed by atoms with E-state index in [9.17, 15) is 39.6 Å². The SMILES string of the molecule is CCOc1ccc(CC2CN(CC(=O)[O-])CCN(CC(=O)[O-])CCN(CC(=O)O)CCN2CC(=O)[O-])cc1.[Gd+3]. The molecular weight excluding hydrogens is 658 g/mol. The van der Waals surface area contributed by atoms with Crippen LogP contribution in [0.2, 0.25) is 0 Å². The third kappa shape index (κ3) is 14.3. The molecule has 13 nitrogen and oxygen atoms in total. The van der Waals surface area contributed by atoms with Gasteiger partial charge in [-0.05, 0) is 31.0 Å². The summed E-state index contributed by atoms with van der Waals surface area (Å²) in [5, 5.41) is 43.8. The zero-order valence-electron chi connectivity index (χ0n) is 21.9. The molecule has 0 bridgehead atoms. The van der Waals surface area contributed by atoms with Crippen LogP contribution in [0, 0.1) is 39.9 Å². The molecule has 1 heterocycles. The summed E-state index contributed by atoms with van der Waals surface area (Å²) in [5.74, 6) is -4.33. The fourth-order valence-electron chi connectivity index (χ4n) is 4.49. The van der Waals surface area contributed by atoms with Gasteiger partial charge in [-0.25, -0.2) is 0 Å². The van der Waals surface area contributed by atoms with E-state index < -0.39 is 49.6 Å². The average Bonchev–Trinajstić information content (AvgIpc) is 2.82. The monoisotopic (exact) mass is 693 g/mol. The summed E-state index contributed by atoms with van der Waals surface area (Å²) >= 11 is 0. The first kappa shape index (κ1) is 35.1. The van der Waals surface area contributed by atoms with Gasteiger partial charge in [0.15, 0.2) is 0 Å². The van der Waals surface area contributed by atoms with E-state index in [1.165, 1.54) is 0 Å². The van der Waals surface area contributed by atoms with Gasteiger partial charge in [0.25, 0.3) is 0 Å². The van der Waals surface area contributed by atoms with Crippen LogP contribution in [0.15, 0.2) is 24.3 Å². The van der Waals surface area contributed by atoms with Crippen molar-refractivity contribution in [2.24, 2.45) is 0 Å². The Morgan fingerprint density at radius 2 is 1.28 bits per heavy atom. The van der Waals surface area contributed by atoms with Gasteiger partial charge in [0.1, 0.15) is 5.75 Å². The fourth-order valence-corrected chi connectivity index (χ4v) is 4.49. The molecule has 1 aliphatic heterocycles. The van der Waals surface area contributed by atoms with Gasteiger partial charge in [0, 0.05) is 71.5 Å². The molecule has 1 fully saturated rings. The second kappa shape index (κ2) is 18.4. The number of carboxylic acid groups (broad SMARTS) is 4. The maximum atomic E-state index is 11.7. The standard InChI is InChI=1S/C25H38N4O9.Gd/c1-2-38-21-5-3-19(4-6-21)13-20-14-28(17-24(34)35)10-9-26(15-22(30)31)7-8-27(16-23(32)33)11-12-29(20)18-25(36)37;/h3-6,20H,2,7-18H2,1H3,(H,30,31)(H,32,33)(H,34,35)(H,36,37);/q;+3/p-3. The second-order valence-electron chi connectivity index (χ2n) is 9.20. The van der Waals surface area contributed by atoms with E-state index in [4.69, 9.17) is 4.74 Å². The predicted molar refractivity (Wildman–Crippen MR) is 129 cm³/mol. The minimum absolute atomic E-state index is 0. The van der Waals surface area contributed by atoms with Gasteiger partial charge >= 0.3 is 45.9 Å². The van der Waals surface area contributed by atoms with E-state index >= 15 is 0 Å². The maximum absolute atomic E-state index is 11.7. The molecule has 1 saturated heterocycles. The molecule has 0 amide bonds. The summed E-state index contributed by atoms with van der Waals surface area (Å²) in [6.07, 6.45) is 0.366.